The second kappa shape index (κ2) is 7.56. The second-order valence-corrected chi connectivity index (χ2v) is 4.95. The standard InChI is InChI=1S/C17H18FNO3/c1-19-16(17(20)21)10-12-5-7-15(8-6-12)22-11-13-3-2-4-14(18)9-13/h2-9,16,19H,10-11H2,1H3,(H,20,21). The average Bonchev–Trinajstić information content (AvgIpc) is 2.51. The summed E-state index contributed by atoms with van der Waals surface area (Å²) >= 11 is 0. The zero-order chi connectivity index (χ0) is 15.9. The van der Waals surface area contributed by atoms with Gasteiger partial charge in [-0.05, 0) is 48.9 Å². The number of hydrogen-bond acceptors (Lipinski definition) is 3. The minimum Gasteiger partial charge on any atom is -0.489 e. The van der Waals surface area contributed by atoms with E-state index in [0.29, 0.717) is 12.2 Å². The molecule has 0 fully saturated rings. The van der Waals surface area contributed by atoms with Crippen molar-refractivity contribution in [3.8, 4) is 5.75 Å². The molecule has 1 atom stereocenters. The predicted octanol–water partition coefficient (Wildman–Crippen LogP) is 2.62. The zero-order valence-corrected chi connectivity index (χ0v) is 12.3. The van der Waals surface area contributed by atoms with Gasteiger partial charge in [-0.1, -0.05) is 24.3 Å². The van der Waals surface area contributed by atoms with E-state index in [-0.39, 0.29) is 12.4 Å². The first kappa shape index (κ1) is 16.0. The van der Waals surface area contributed by atoms with Crippen molar-refractivity contribution in [3.05, 3.63) is 65.5 Å². The lowest BCUT2D eigenvalue weighted by atomic mass is 10.1. The van der Waals surface area contributed by atoms with Crippen LogP contribution in [0.15, 0.2) is 48.5 Å². The highest BCUT2D eigenvalue weighted by molar-refractivity contribution is 5.73. The topological polar surface area (TPSA) is 58.6 Å². The Balaban J connectivity index is 1.93. The molecule has 2 rings (SSSR count). The molecule has 0 amide bonds. The van der Waals surface area contributed by atoms with Crippen LogP contribution in [0.1, 0.15) is 11.1 Å². The lowest BCUT2D eigenvalue weighted by molar-refractivity contribution is -0.139. The van der Waals surface area contributed by atoms with Gasteiger partial charge in [0.1, 0.15) is 24.2 Å². The number of benzene rings is 2. The van der Waals surface area contributed by atoms with Gasteiger partial charge in [-0.3, -0.25) is 4.79 Å². The highest BCUT2D eigenvalue weighted by Gasteiger charge is 2.15. The number of carboxylic acid groups (broad SMARTS) is 1. The van der Waals surface area contributed by atoms with E-state index >= 15 is 0 Å². The van der Waals surface area contributed by atoms with Crippen LogP contribution in [0.4, 0.5) is 4.39 Å². The smallest absolute Gasteiger partial charge is 0.321 e. The van der Waals surface area contributed by atoms with Crippen molar-refractivity contribution in [2.24, 2.45) is 0 Å². The van der Waals surface area contributed by atoms with Gasteiger partial charge in [0.2, 0.25) is 0 Å². The van der Waals surface area contributed by atoms with E-state index in [1.54, 1.807) is 31.3 Å². The molecular weight excluding hydrogens is 285 g/mol. The Hall–Kier alpha value is -2.40. The van der Waals surface area contributed by atoms with Gasteiger partial charge < -0.3 is 15.2 Å². The van der Waals surface area contributed by atoms with Gasteiger partial charge in [0.05, 0.1) is 0 Å². The summed E-state index contributed by atoms with van der Waals surface area (Å²) in [5.74, 6) is -0.512. The molecule has 0 aliphatic carbocycles. The van der Waals surface area contributed by atoms with Gasteiger partial charge in [-0.2, -0.15) is 0 Å². The molecule has 0 bridgehead atoms. The molecule has 0 radical (unpaired) electrons. The van der Waals surface area contributed by atoms with Gasteiger partial charge in [-0.25, -0.2) is 4.39 Å². The highest BCUT2D eigenvalue weighted by Crippen LogP contribution is 2.15. The summed E-state index contributed by atoms with van der Waals surface area (Å²) in [6.07, 6.45) is 0.399. The van der Waals surface area contributed by atoms with E-state index in [4.69, 9.17) is 9.84 Å². The second-order valence-electron chi connectivity index (χ2n) is 4.95. The molecule has 0 aromatic heterocycles. The number of ether oxygens (including phenoxy) is 1. The minimum atomic E-state index is -0.881. The predicted molar refractivity (Wildman–Crippen MR) is 81.4 cm³/mol. The fourth-order valence-electron chi connectivity index (χ4n) is 2.06. The molecule has 116 valence electrons. The fourth-order valence-corrected chi connectivity index (χ4v) is 2.06. The fraction of sp³-hybridized carbons (Fsp3) is 0.235. The van der Waals surface area contributed by atoms with Crippen LogP contribution in [-0.2, 0) is 17.8 Å². The monoisotopic (exact) mass is 303 g/mol. The molecule has 0 aliphatic heterocycles. The molecule has 0 aliphatic rings. The number of aliphatic carboxylic acids is 1. The van der Waals surface area contributed by atoms with Crippen LogP contribution in [0.5, 0.6) is 5.75 Å². The SMILES string of the molecule is CNC(Cc1ccc(OCc2cccc(F)c2)cc1)C(=O)O. The summed E-state index contributed by atoms with van der Waals surface area (Å²) in [4.78, 5) is 11.0. The van der Waals surface area contributed by atoms with Crippen molar-refractivity contribution in [1.82, 2.24) is 5.32 Å². The molecule has 4 nitrogen and oxygen atoms in total. The summed E-state index contributed by atoms with van der Waals surface area (Å²) in [5, 5.41) is 11.8. The van der Waals surface area contributed by atoms with Crippen molar-refractivity contribution >= 4 is 5.97 Å². The Morgan fingerprint density at radius 2 is 1.95 bits per heavy atom. The molecule has 0 saturated carbocycles. The van der Waals surface area contributed by atoms with Crippen LogP contribution in [0, 0.1) is 5.82 Å². The maximum absolute atomic E-state index is 13.1. The molecule has 0 spiro atoms. The van der Waals surface area contributed by atoms with Crippen molar-refractivity contribution in [2.45, 2.75) is 19.1 Å². The maximum Gasteiger partial charge on any atom is 0.321 e. The van der Waals surface area contributed by atoms with Crippen LogP contribution >= 0.6 is 0 Å². The Kier molecular flexibility index (Phi) is 5.49. The Morgan fingerprint density at radius 3 is 2.55 bits per heavy atom. The molecule has 2 N–H and O–H groups in total. The molecule has 2 aromatic rings. The number of carbonyl (C=O) groups is 1. The lowest BCUT2D eigenvalue weighted by Gasteiger charge is -2.12. The number of nitrogens with one attached hydrogen (secondary N) is 1. The Morgan fingerprint density at radius 1 is 1.23 bits per heavy atom. The van der Waals surface area contributed by atoms with Crippen LogP contribution in [0.2, 0.25) is 0 Å². The van der Waals surface area contributed by atoms with Crippen LogP contribution in [0.3, 0.4) is 0 Å². The summed E-state index contributed by atoms with van der Waals surface area (Å²) in [6, 6.07) is 12.9. The molecule has 0 heterocycles. The third kappa shape index (κ3) is 4.56. The molecule has 2 aromatic carbocycles. The van der Waals surface area contributed by atoms with Gasteiger partial charge in [-0.15, -0.1) is 0 Å². The number of likely N-dealkylation sites (N-methyl/N-ethyl adjacent to an activating group) is 1. The summed E-state index contributed by atoms with van der Waals surface area (Å²) in [7, 11) is 1.62. The van der Waals surface area contributed by atoms with Gasteiger partial charge in [0, 0.05) is 0 Å². The molecular formula is C17H18FNO3. The van der Waals surface area contributed by atoms with E-state index in [9.17, 15) is 9.18 Å². The number of halogens is 1. The molecule has 1 unspecified atom stereocenters. The Bertz CT molecular complexity index is 628. The summed E-state index contributed by atoms with van der Waals surface area (Å²) in [6.45, 7) is 0.283. The quantitative estimate of drug-likeness (QED) is 0.825. The van der Waals surface area contributed by atoms with Crippen molar-refractivity contribution in [1.29, 1.82) is 0 Å². The Labute approximate surface area is 128 Å². The largest absolute Gasteiger partial charge is 0.489 e. The first-order valence-corrected chi connectivity index (χ1v) is 6.94. The van der Waals surface area contributed by atoms with E-state index in [1.807, 2.05) is 12.1 Å². The first-order valence-electron chi connectivity index (χ1n) is 6.94. The van der Waals surface area contributed by atoms with E-state index in [0.717, 1.165) is 11.1 Å². The normalized spacial score (nSPS) is 11.9. The van der Waals surface area contributed by atoms with Crippen LogP contribution in [-0.4, -0.2) is 24.2 Å². The summed E-state index contributed by atoms with van der Waals surface area (Å²) in [5.41, 5.74) is 1.66. The van der Waals surface area contributed by atoms with E-state index < -0.39 is 12.0 Å². The summed E-state index contributed by atoms with van der Waals surface area (Å²) < 4.78 is 18.6. The van der Waals surface area contributed by atoms with E-state index in [1.165, 1.54) is 12.1 Å². The van der Waals surface area contributed by atoms with E-state index in [2.05, 4.69) is 5.32 Å². The van der Waals surface area contributed by atoms with Crippen molar-refractivity contribution in [2.75, 3.05) is 7.05 Å². The molecule has 22 heavy (non-hydrogen) atoms. The zero-order valence-electron chi connectivity index (χ0n) is 12.3. The highest BCUT2D eigenvalue weighted by atomic mass is 19.1. The maximum atomic E-state index is 13.1. The van der Waals surface area contributed by atoms with Crippen molar-refractivity contribution in [3.63, 3.8) is 0 Å². The van der Waals surface area contributed by atoms with Gasteiger partial charge in [0.15, 0.2) is 0 Å². The third-order valence-electron chi connectivity index (χ3n) is 3.30. The lowest BCUT2D eigenvalue weighted by Crippen LogP contribution is -2.35. The van der Waals surface area contributed by atoms with Crippen LogP contribution < -0.4 is 10.1 Å². The molecule has 0 saturated heterocycles. The first-order chi connectivity index (χ1) is 10.6. The van der Waals surface area contributed by atoms with Gasteiger partial charge in [0.25, 0.3) is 0 Å². The third-order valence-corrected chi connectivity index (χ3v) is 3.30. The minimum absolute atomic E-state index is 0.283. The number of rotatable bonds is 7. The van der Waals surface area contributed by atoms with Crippen LogP contribution in [0.25, 0.3) is 0 Å². The van der Waals surface area contributed by atoms with Crippen molar-refractivity contribution < 1.29 is 19.0 Å². The average molecular weight is 303 g/mol. The van der Waals surface area contributed by atoms with Gasteiger partial charge >= 0.3 is 5.97 Å². The number of hydrogen-bond donors (Lipinski definition) is 2. The number of carboxylic acids is 1. The molecule has 5 heteroatoms.